The first-order valence-corrected chi connectivity index (χ1v) is 9.47. The Labute approximate surface area is 179 Å². The van der Waals surface area contributed by atoms with E-state index in [0.29, 0.717) is 34.4 Å². The van der Waals surface area contributed by atoms with Gasteiger partial charge in [-0.2, -0.15) is 0 Å². The Kier molecular flexibility index (Phi) is 5.40. The third-order valence-electron chi connectivity index (χ3n) is 4.50. The maximum atomic E-state index is 9.83. The van der Waals surface area contributed by atoms with Gasteiger partial charge in [0.2, 0.25) is 0 Å². The second-order valence-electron chi connectivity index (χ2n) is 6.76. The largest absolute Gasteiger partial charge is 0.506 e. The van der Waals surface area contributed by atoms with E-state index in [-0.39, 0.29) is 22.9 Å². The van der Waals surface area contributed by atoms with E-state index in [1.165, 1.54) is 12.1 Å². The zero-order valence-corrected chi connectivity index (χ0v) is 16.4. The molecule has 31 heavy (non-hydrogen) atoms. The number of nitrogen functional groups attached to an aromatic ring is 2. The van der Waals surface area contributed by atoms with Crippen LogP contribution in [0.3, 0.4) is 0 Å². The molecule has 0 atom stereocenters. The summed E-state index contributed by atoms with van der Waals surface area (Å²) in [6, 6.07) is 24.2. The smallest absolute Gasteiger partial charge is 0.150 e. The van der Waals surface area contributed by atoms with Crippen molar-refractivity contribution >= 4 is 22.7 Å². The molecule has 0 aromatic heterocycles. The number of nitrogens with one attached hydrogen (secondary N) is 1. The summed E-state index contributed by atoms with van der Waals surface area (Å²) in [4.78, 5) is 0. The number of phenols is 2. The summed E-state index contributed by atoms with van der Waals surface area (Å²) in [5.74, 6) is 1.89. The highest BCUT2D eigenvalue weighted by molar-refractivity contribution is 5.71. The minimum Gasteiger partial charge on any atom is -0.506 e. The average Bonchev–Trinajstić information content (AvgIpc) is 2.76. The molecule has 0 aliphatic rings. The molecule has 0 unspecified atom stereocenters. The fourth-order valence-corrected chi connectivity index (χ4v) is 2.89. The number of rotatable bonds is 6. The van der Waals surface area contributed by atoms with Gasteiger partial charge >= 0.3 is 0 Å². The van der Waals surface area contributed by atoms with Gasteiger partial charge in [-0.05, 0) is 48.5 Å². The highest BCUT2D eigenvalue weighted by atomic mass is 16.5. The number of benzene rings is 4. The first kappa shape index (κ1) is 19.8. The summed E-state index contributed by atoms with van der Waals surface area (Å²) >= 11 is 0. The minimum absolute atomic E-state index is 0.0477. The van der Waals surface area contributed by atoms with Crippen molar-refractivity contribution < 1.29 is 19.7 Å². The Hall–Kier alpha value is -4.52. The molecule has 156 valence electrons. The lowest BCUT2D eigenvalue weighted by Gasteiger charge is -2.16. The van der Waals surface area contributed by atoms with Crippen LogP contribution in [0.4, 0.5) is 22.7 Å². The maximum Gasteiger partial charge on any atom is 0.150 e. The van der Waals surface area contributed by atoms with Crippen LogP contribution in [-0.2, 0) is 0 Å². The molecule has 7 N–H and O–H groups in total. The van der Waals surface area contributed by atoms with Crippen LogP contribution in [0.5, 0.6) is 34.5 Å². The Balaban J connectivity index is 1.60. The van der Waals surface area contributed by atoms with Gasteiger partial charge in [0.1, 0.15) is 23.0 Å². The van der Waals surface area contributed by atoms with Crippen molar-refractivity contribution in [3.05, 3.63) is 84.9 Å². The van der Waals surface area contributed by atoms with Gasteiger partial charge in [0, 0.05) is 12.1 Å². The molecule has 0 saturated heterocycles. The molecule has 4 aromatic rings. The highest BCUT2D eigenvalue weighted by Gasteiger charge is 2.11. The van der Waals surface area contributed by atoms with E-state index in [9.17, 15) is 10.2 Å². The van der Waals surface area contributed by atoms with E-state index in [1.807, 2.05) is 36.4 Å². The topological polar surface area (TPSA) is 123 Å². The Bertz CT molecular complexity index is 1130. The molecular weight excluding hydrogens is 394 g/mol. The van der Waals surface area contributed by atoms with Crippen molar-refractivity contribution in [2.45, 2.75) is 0 Å². The average molecular weight is 415 g/mol. The molecule has 0 aliphatic carbocycles. The summed E-state index contributed by atoms with van der Waals surface area (Å²) in [6.07, 6.45) is 0. The van der Waals surface area contributed by atoms with Crippen LogP contribution in [0.25, 0.3) is 0 Å². The van der Waals surface area contributed by atoms with Crippen LogP contribution in [0.2, 0.25) is 0 Å². The highest BCUT2D eigenvalue weighted by Crippen LogP contribution is 2.38. The minimum atomic E-state index is -0.0477. The standard InChI is InChI=1S/C24H21N3O4/c25-17-11-9-15(13-21(17)28)30-23-7-3-1-5-19(23)27-20-6-2-4-8-24(20)31-16-10-12-18(26)22(29)14-16/h1-14,27-29H,25-26H2. The van der Waals surface area contributed by atoms with Gasteiger partial charge in [-0.15, -0.1) is 0 Å². The van der Waals surface area contributed by atoms with Gasteiger partial charge in [-0.3, -0.25) is 0 Å². The van der Waals surface area contributed by atoms with E-state index in [4.69, 9.17) is 20.9 Å². The second kappa shape index (κ2) is 8.46. The number of aromatic hydroxyl groups is 2. The Morgan fingerprint density at radius 1 is 0.581 bits per heavy atom. The molecule has 0 saturated carbocycles. The van der Waals surface area contributed by atoms with E-state index >= 15 is 0 Å². The molecule has 0 heterocycles. The van der Waals surface area contributed by atoms with Crippen molar-refractivity contribution in [1.29, 1.82) is 0 Å². The molecule has 7 heteroatoms. The number of anilines is 4. The van der Waals surface area contributed by atoms with Crippen LogP contribution in [-0.4, -0.2) is 10.2 Å². The summed E-state index contributed by atoms with van der Waals surface area (Å²) in [5.41, 5.74) is 13.2. The van der Waals surface area contributed by atoms with Gasteiger partial charge in [0.05, 0.1) is 22.7 Å². The third kappa shape index (κ3) is 4.56. The monoisotopic (exact) mass is 415 g/mol. The van der Waals surface area contributed by atoms with Crippen molar-refractivity contribution in [1.82, 2.24) is 0 Å². The molecule has 0 bridgehead atoms. The number of ether oxygens (including phenoxy) is 2. The second-order valence-corrected chi connectivity index (χ2v) is 6.76. The third-order valence-corrected chi connectivity index (χ3v) is 4.50. The first-order valence-electron chi connectivity index (χ1n) is 9.47. The van der Waals surface area contributed by atoms with Gasteiger partial charge in [0.15, 0.2) is 11.5 Å². The van der Waals surface area contributed by atoms with E-state index in [1.54, 1.807) is 36.4 Å². The molecular formula is C24H21N3O4. The van der Waals surface area contributed by atoms with E-state index in [2.05, 4.69) is 5.32 Å². The molecule has 4 aromatic carbocycles. The Morgan fingerprint density at radius 2 is 1.00 bits per heavy atom. The van der Waals surface area contributed by atoms with Crippen molar-refractivity contribution in [3.63, 3.8) is 0 Å². The number of hydrogen-bond donors (Lipinski definition) is 5. The number of hydrogen-bond acceptors (Lipinski definition) is 7. The van der Waals surface area contributed by atoms with Crippen molar-refractivity contribution in [2.75, 3.05) is 16.8 Å². The summed E-state index contributed by atoms with van der Waals surface area (Å²) in [7, 11) is 0. The van der Waals surface area contributed by atoms with Gasteiger partial charge < -0.3 is 36.5 Å². The molecule has 0 amide bonds. The van der Waals surface area contributed by atoms with Crippen LogP contribution in [0.1, 0.15) is 0 Å². The maximum absolute atomic E-state index is 9.83. The summed E-state index contributed by atoms with van der Waals surface area (Å²) in [6.45, 7) is 0. The Morgan fingerprint density at radius 3 is 1.42 bits per heavy atom. The zero-order valence-electron chi connectivity index (χ0n) is 16.4. The van der Waals surface area contributed by atoms with Gasteiger partial charge in [0.25, 0.3) is 0 Å². The van der Waals surface area contributed by atoms with Crippen molar-refractivity contribution in [2.24, 2.45) is 0 Å². The first-order chi connectivity index (χ1) is 15.0. The fraction of sp³-hybridized carbons (Fsp3) is 0. The predicted octanol–water partition coefficient (Wildman–Crippen LogP) is 5.59. The van der Waals surface area contributed by atoms with E-state index in [0.717, 1.165) is 0 Å². The van der Waals surface area contributed by atoms with E-state index < -0.39 is 0 Å². The SMILES string of the molecule is Nc1ccc(Oc2ccccc2Nc2ccccc2Oc2ccc(N)c(O)c2)cc1O. The summed E-state index contributed by atoms with van der Waals surface area (Å²) < 4.78 is 11.9. The zero-order chi connectivity index (χ0) is 21.8. The van der Waals surface area contributed by atoms with Gasteiger partial charge in [-0.1, -0.05) is 24.3 Å². The van der Waals surface area contributed by atoms with Crippen LogP contribution in [0.15, 0.2) is 84.9 Å². The lowest BCUT2D eigenvalue weighted by atomic mass is 10.2. The van der Waals surface area contributed by atoms with Gasteiger partial charge in [-0.25, -0.2) is 0 Å². The normalized spacial score (nSPS) is 10.5. The number of phenolic OH excluding ortho intramolecular Hbond substituents is 2. The number of nitrogens with two attached hydrogens (primary N) is 2. The molecule has 0 fully saturated rings. The molecule has 0 aliphatic heterocycles. The number of para-hydroxylation sites is 4. The molecule has 7 nitrogen and oxygen atoms in total. The lowest BCUT2D eigenvalue weighted by molar-refractivity contribution is 0.457. The summed E-state index contributed by atoms with van der Waals surface area (Å²) in [5, 5.41) is 23.0. The predicted molar refractivity (Wildman–Crippen MR) is 121 cm³/mol. The van der Waals surface area contributed by atoms with Crippen LogP contribution in [0, 0.1) is 0 Å². The van der Waals surface area contributed by atoms with Crippen LogP contribution >= 0.6 is 0 Å². The molecule has 0 radical (unpaired) electrons. The van der Waals surface area contributed by atoms with Crippen LogP contribution < -0.4 is 26.3 Å². The molecule has 0 spiro atoms. The lowest BCUT2D eigenvalue weighted by Crippen LogP contribution is -1.97. The molecule has 4 rings (SSSR count). The quantitative estimate of drug-likeness (QED) is 0.205. The van der Waals surface area contributed by atoms with Crippen molar-refractivity contribution in [3.8, 4) is 34.5 Å². The fourth-order valence-electron chi connectivity index (χ4n) is 2.89.